The van der Waals surface area contributed by atoms with E-state index < -0.39 is 15.6 Å². The summed E-state index contributed by atoms with van der Waals surface area (Å²) < 4.78 is 34.1. The van der Waals surface area contributed by atoms with E-state index in [9.17, 15) is 13.2 Å². The van der Waals surface area contributed by atoms with Gasteiger partial charge in [0.05, 0.1) is 10.4 Å². The van der Waals surface area contributed by atoms with Crippen LogP contribution >= 0.6 is 0 Å². The predicted octanol–water partition coefficient (Wildman–Crippen LogP) is 6.15. The smallest absolute Gasteiger partial charge is 0.410 e. The lowest BCUT2D eigenvalue weighted by Crippen LogP contribution is -2.35. The van der Waals surface area contributed by atoms with Crippen LogP contribution in [-0.2, 0) is 14.8 Å². The van der Waals surface area contributed by atoms with Crippen LogP contribution in [0.3, 0.4) is 0 Å². The molecule has 1 saturated heterocycles. The summed E-state index contributed by atoms with van der Waals surface area (Å²) in [4.78, 5) is 22.6. The highest BCUT2D eigenvalue weighted by Gasteiger charge is 2.32. The van der Waals surface area contributed by atoms with Gasteiger partial charge in [-0.05, 0) is 63.1 Å². The van der Waals surface area contributed by atoms with Crippen molar-refractivity contribution in [3.8, 4) is 11.1 Å². The van der Waals surface area contributed by atoms with Crippen molar-refractivity contribution in [3.63, 3.8) is 0 Å². The first-order chi connectivity index (χ1) is 18.6. The quantitative estimate of drug-likeness (QED) is 0.294. The number of H-pyrrole nitrogens is 1. The number of ether oxygens (including phenoxy) is 1. The summed E-state index contributed by atoms with van der Waals surface area (Å²) in [7, 11) is -3.80. The van der Waals surface area contributed by atoms with E-state index in [0.29, 0.717) is 18.6 Å². The van der Waals surface area contributed by atoms with Gasteiger partial charge >= 0.3 is 6.09 Å². The summed E-state index contributed by atoms with van der Waals surface area (Å²) in [6.45, 7) is 6.79. The molecule has 2 aromatic carbocycles. The Labute approximate surface area is 227 Å². The average molecular weight is 543 g/mol. The van der Waals surface area contributed by atoms with E-state index in [4.69, 9.17) is 4.74 Å². The van der Waals surface area contributed by atoms with Gasteiger partial charge in [-0.3, -0.25) is 0 Å². The number of carbonyl (C=O) groups excluding carboxylic acids is 1. The second-order valence-corrected chi connectivity index (χ2v) is 12.7. The van der Waals surface area contributed by atoms with Crippen molar-refractivity contribution in [2.45, 2.75) is 43.6 Å². The molecule has 1 aliphatic rings. The minimum Gasteiger partial charge on any atom is -0.444 e. The van der Waals surface area contributed by atoms with E-state index in [0.717, 1.165) is 39.7 Å². The molecule has 5 aromatic rings. The highest BCUT2D eigenvalue weighted by molar-refractivity contribution is 7.90. The first kappa shape index (κ1) is 25.2. The van der Waals surface area contributed by atoms with Gasteiger partial charge in [0.25, 0.3) is 10.0 Å². The minimum absolute atomic E-state index is 0.124. The molecule has 1 aliphatic heterocycles. The van der Waals surface area contributed by atoms with Crippen molar-refractivity contribution in [1.82, 2.24) is 18.8 Å². The van der Waals surface area contributed by atoms with Crippen LogP contribution in [0.5, 0.6) is 0 Å². The molecule has 6 rings (SSSR count). The molecule has 1 N–H and O–H groups in total. The van der Waals surface area contributed by atoms with E-state index >= 15 is 0 Å². The molecule has 1 fully saturated rings. The van der Waals surface area contributed by atoms with E-state index in [2.05, 4.69) is 16.0 Å². The number of aromatic amines is 1. The third-order valence-corrected chi connectivity index (χ3v) is 8.79. The Bertz CT molecular complexity index is 1800. The van der Waals surface area contributed by atoms with Gasteiger partial charge in [-0.25, -0.2) is 22.2 Å². The van der Waals surface area contributed by atoms with Gasteiger partial charge < -0.3 is 14.6 Å². The van der Waals surface area contributed by atoms with Gasteiger partial charge in [-0.2, -0.15) is 0 Å². The average Bonchev–Trinajstić information content (AvgIpc) is 3.65. The number of nitrogens with one attached hydrogen (secondary N) is 1. The molecule has 8 nitrogen and oxygen atoms in total. The zero-order valence-electron chi connectivity index (χ0n) is 22.1. The van der Waals surface area contributed by atoms with Crippen LogP contribution in [0.15, 0.2) is 84.0 Å². The zero-order chi connectivity index (χ0) is 27.4. The molecule has 1 atom stereocenters. The third kappa shape index (κ3) is 4.57. The van der Waals surface area contributed by atoms with Crippen LogP contribution in [-0.4, -0.2) is 52.0 Å². The number of fused-ring (bicyclic) bond motifs is 2. The Morgan fingerprint density at radius 3 is 2.51 bits per heavy atom. The summed E-state index contributed by atoms with van der Waals surface area (Å²) in [5.41, 5.74) is 3.49. The lowest BCUT2D eigenvalue weighted by Gasteiger charge is -2.24. The SMILES string of the molecule is CC(C)(C)OC(=O)N1CCC(c2cc3c(-c4cn(S(=O)(=O)c5ccccc5)c5ccccc45)ccnc3[nH]2)C1. The summed E-state index contributed by atoms with van der Waals surface area (Å²) >= 11 is 0. The number of amides is 1. The number of likely N-dealkylation sites (tertiary alicyclic amines) is 1. The fourth-order valence-corrected chi connectivity index (χ4v) is 6.67. The lowest BCUT2D eigenvalue weighted by atomic mass is 10.0. The number of benzene rings is 2. The number of para-hydroxylation sites is 1. The first-order valence-electron chi connectivity index (χ1n) is 13.0. The molecule has 0 saturated carbocycles. The second-order valence-electron chi connectivity index (χ2n) is 10.9. The number of pyridine rings is 1. The molecular weight excluding hydrogens is 512 g/mol. The number of carbonyl (C=O) groups is 1. The first-order valence-corrected chi connectivity index (χ1v) is 14.4. The van der Waals surface area contributed by atoms with Gasteiger partial charge in [0.15, 0.2) is 0 Å². The maximum atomic E-state index is 13.6. The number of aromatic nitrogens is 3. The van der Waals surface area contributed by atoms with Gasteiger partial charge in [0.2, 0.25) is 0 Å². The number of hydrogen-bond donors (Lipinski definition) is 1. The molecular formula is C30H30N4O4S. The molecule has 0 radical (unpaired) electrons. The Balaban J connectivity index is 1.40. The van der Waals surface area contributed by atoms with Gasteiger partial charge in [-0.1, -0.05) is 36.4 Å². The fraction of sp³-hybridized carbons (Fsp3) is 0.267. The van der Waals surface area contributed by atoms with Crippen LogP contribution in [0.25, 0.3) is 33.1 Å². The van der Waals surface area contributed by atoms with Crippen molar-refractivity contribution in [2.75, 3.05) is 13.1 Å². The molecule has 3 aromatic heterocycles. The van der Waals surface area contributed by atoms with Gasteiger partial charge in [0, 0.05) is 53.4 Å². The molecule has 39 heavy (non-hydrogen) atoms. The number of nitrogens with zero attached hydrogens (tertiary/aromatic N) is 3. The number of rotatable bonds is 4. The molecule has 0 bridgehead atoms. The van der Waals surface area contributed by atoms with E-state index in [-0.39, 0.29) is 16.9 Å². The van der Waals surface area contributed by atoms with Crippen LogP contribution in [0.2, 0.25) is 0 Å². The monoisotopic (exact) mass is 542 g/mol. The maximum absolute atomic E-state index is 13.6. The molecule has 4 heterocycles. The number of hydrogen-bond acceptors (Lipinski definition) is 5. The second kappa shape index (κ2) is 9.27. The van der Waals surface area contributed by atoms with Gasteiger partial charge in [0.1, 0.15) is 11.2 Å². The highest BCUT2D eigenvalue weighted by atomic mass is 32.2. The van der Waals surface area contributed by atoms with Crippen LogP contribution in [0.1, 0.15) is 38.8 Å². The summed E-state index contributed by atoms with van der Waals surface area (Å²) in [5, 5.41) is 1.74. The summed E-state index contributed by atoms with van der Waals surface area (Å²) in [6.07, 6.45) is 3.95. The standard InChI is InChI=1S/C30H30N4O4S/c1-30(2,3)38-29(35)33-16-14-20(18-33)26-17-24-22(13-15-31-28(24)32-26)25-19-34(27-12-8-7-11-23(25)27)39(36,37)21-9-5-4-6-10-21/h4-13,15,17,19-20H,14,16,18H2,1-3H3,(H,31,32). The molecule has 200 valence electrons. The van der Waals surface area contributed by atoms with Crippen molar-refractivity contribution < 1.29 is 17.9 Å². The van der Waals surface area contributed by atoms with Crippen LogP contribution in [0, 0.1) is 0 Å². The Kier molecular flexibility index (Phi) is 5.99. The van der Waals surface area contributed by atoms with E-state index in [1.54, 1.807) is 47.6 Å². The fourth-order valence-electron chi connectivity index (χ4n) is 5.28. The van der Waals surface area contributed by atoms with Crippen molar-refractivity contribution in [1.29, 1.82) is 0 Å². The molecule has 0 aliphatic carbocycles. The summed E-state index contributed by atoms with van der Waals surface area (Å²) in [6, 6.07) is 20.0. The predicted molar refractivity (Wildman–Crippen MR) is 151 cm³/mol. The lowest BCUT2D eigenvalue weighted by molar-refractivity contribution is 0.0292. The van der Waals surface area contributed by atoms with Crippen molar-refractivity contribution in [2.24, 2.45) is 0 Å². The van der Waals surface area contributed by atoms with Gasteiger partial charge in [-0.15, -0.1) is 0 Å². The molecule has 1 amide bonds. The largest absolute Gasteiger partial charge is 0.444 e. The Hall–Kier alpha value is -4.11. The van der Waals surface area contributed by atoms with Crippen molar-refractivity contribution in [3.05, 3.63) is 84.8 Å². The highest BCUT2D eigenvalue weighted by Crippen LogP contribution is 2.38. The third-order valence-electron chi connectivity index (χ3n) is 7.10. The normalized spacial score (nSPS) is 16.3. The Morgan fingerprint density at radius 1 is 1.00 bits per heavy atom. The van der Waals surface area contributed by atoms with Crippen LogP contribution < -0.4 is 0 Å². The molecule has 0 spiro atoms. The minimum atomic E-state index is -3.80. The van der Waals surface area contributed by atoms with E-state index in [1.807, 2.05) is 51.1 Å². The van der Waals surface area contributed by atoms with Crippen molar-refractivity contribution >= 4 is 38.1 Å². The summed E-state index contributed by atoms with van der Waals surface area (Å²) in [5.74, 6) is 0.124. The Morgan fingerprint density at radius 2 is 1.74 bits per heavy atom. The van der Waals surface area contributed by atoms with E-state index in [1.165, 1.54) is 3.97 Å². The maximum Gasteiger partial charge on any atom is 0.410 e. The zero-order valence-corrected chi connectivity index (χ0v) is 22.9. The molecule has 1 unspecified atom stereocenters. The van der Waals surface area contributed by atoms with Crippen LogP contribution in [0.4, 0.5) is 4.79 Å². The topological polar surface area (TPSA) is 97.3 Å². The molecule has 9 heteroatoms.